The summed E-state index contributed by atoms with van der Waals surface area (Å²) >= 11 is 0. The van der Waals surface area contributed by atoms with Crippen molar-refractivity contribution in [3.05, 3.63) is 0 Å². The first-order valence-electron chi connectivity index (χ1n) is 5.54. The van der Waals surface area contributed by atoms with Gasteiger partial charge in [-0.25, -0.2) is 0 Å². The van der Waals surface area contributed by atoms with Crippen LogP contribution in [0, 0.1) is 23.2 Å². The van der Waals surface area contributed by atoms with Gasteiger partial charge < -0.3 is 10.1 Å². The van der Waals surface area contributed by atoms with E-state index in [1.807, 2.05) is 6.07 Å². The average molecular weight is 208 g/mol. The summed E-state index contributed by atoms with van der Waals surface area (Å²) in [6, 6.07) is 2.07. The van der Waals surface area contributed by atoms with Gasteiger partial charge in [0.05, 0.1) is 18.2 Å². The number of carbonyl (C=O) groups is 1. The van der Waals surface area contributed by atoms with Gasteiger partial charge in [-0.2, -0.15) is 5.26 Å². The fourth-order valence-electron chi connectivity index (χ4n) is 2.02. The van der Waals surface area contributed by atoms with Crippen molar-refractivity contribution in [2.24, 2.45) is 11.8 Å². The molecule has 3 atom stereocenters. The highest BCUT2D eigenvalue weighted by Crippen LogP contribution is 2.38. The number of ether oxygens (including phenoxy) is 1. The molecule has 1 saturated carbocycles. The van der Waals surface area contributed by atoms with Crippen LogP contribution in [-0.2, 0) is 9.53 Å². The van der Waals surface area contributed by atoms with E-state index in [2.05, 4.69) is 5.32 Å². The van der Waals surface area contributed by atoms with Crippen molar-refractivity contribution < 1.29 is 9.53 Å². The monoisotopic (exact) mass is 208 g/mol. The van der Waals surface area contributed by atoms with E-state index in [-0.39, 0.29) is 18.1 Å². The predicted octanol–water partition coefficient (Wildman–Crippen LogP) is 0.830. The quantitative estimate of drug-likeness (QED) is 0.747. The molecule has 2 aliphatic rings. The maximum absolute atomic E-state index is 11.5. The number of hydrogen-bond donors (Lipinski definition) is 1. The zero-order valence-corrected chi connectivity index (χ0v) is 8.90. The lowest BCUT2D eigenvalue weighted by atomic mass is 10.1. The van der Waals surface area contributed by atoms with Crippen molar-refractivity contribution in [1.29, 1.82) is 5.26 Å². The summed E-state index contributed by atoms with van der Waals surface area (Å²) < 4.78 is 5.61. The van der Waals surface area contributed by atoms with E-state index in [9.17, 15) is 4.79 Å². The largest absolute Gasteiger partial charge is 0.376 e. The molecule has 2 fully saturated rings. The van der Waals surface area contributed by atoms with Gasteiger partial charge in [0.25, 0.3) is 0 Å². The van der Waals surface area contributed by atoms with Crippen LogP contribution in [0.3, 0.4) is 0 Å². The maximum atomic E-state index is 11.5. The Labute approximate surface area is 89.6 Å². The molecule has 15 heavy (non-hydrogen) atoms. The van der Waals surface area contributed by atoms with Gasteiger partial charge in [-0.05, 0) is 32.1 Å². The molecule has 4 nitrogen and oxygen atoms in total. The molecule has 0 spiro atoms. The molecule has 0 aromatic carbocycles. The van der Waals surface area contributed by atoms with Gasteiger partial charge in [0, 0.05) is 6.61 Å². The lowest BCUT2D eigenvalue weighted by Crippen LogP contribution is -2.43. The Morgan fingerprint density at radius 3 is 2.87 bits per heavy atom. The molecule has 1 amide bonds. The summed E-state index contributed by atoms with van der Waals surface area (Å²) in [5.74, 6) is -0.0979. The second-order valence-corrected chi connectivity index (χ2v) is 4.43. The Morgan fingerprint density at radius 2 is 2.27 bits per heavy atom. The van der Waals surface area contributed by atoms with E-state index in [1.54, 1.807) is 6.92 Å². The molecule has 1 N–H and O–H groups in total. The smallest absolute Gasteiger partial charge is 0.237 e. The fraction of sp³-hybridized carbons (Fsp3) is 0.818. The standard InChI is InChI=1S/C11H16N2O2/c1-7(6-12)11(14)13-9-4-5-15-10(9)8-2-3-8/h7-10H,2-5H2,1H3,(H,13,14). The normalized spacial score (nSPS) is 32.0. The lowest BCUT2D eigenvalue weighted by Gasteiger charge is -2.19. The van der Waals surface area contributed by atoms with Crippen LogP contribution < -0.4 is 5.32 Å². The van der Waals surface area contributed by atoms with Gasteiger partial charge in [0.2, 0.25) is 5.91 Å². The minimum absolute atomic E-state index is 0.126. The van der Waals surface area contributed by atoms with Crippen LogP contribution in [0.1, 0.15) is 26.2 Å². The third-order valence-corrected chi connectivity index (χ3v) is 3.14. The number of amides is 1. The van der Waals surface area contributed by atoms with E-state index >= 15 is 0 Å². The summed E-state index contributed by atoms with van der Waals surface area (Å²) in [6.45, 7) is 2.35. The van der Waals surface area contributed by atoms with Crippen LogP contribution in [0.4, 0.5) is 0 Å². The van der Waals surface area contributed by atoms with Crippen LogP contribution in [0.25, 0.3) is 0 Å². The van der Waals surface area contributed by atoms with Crippen molar-refractivity contribution in [2.45, 2.75) is 38.3 Å². The van der Waals surface area contributed by atoms with E-state index in [4.69, 9.17) is 10.00 Å². The number of carbonyl (C=O) groups excluding carboxylic acids is 1. The van der Waals surface area contributed by atoms with E-state index in [1.165, 1.54) is 12.8 Å². The SMILES string of the molecule is CC(C#N)C(=O)NC1CCOC1C1CC1. The summed E-state index contributed by atoms with van der Waals surface area (Å²) in [7, 11) is 0. The molecule has 0 radical (unpaired) electrons. The minimum atomic E-state index is -0.564. The van der Waals surface area contributed by atoms with Gasteiger partial charge in [-0.3, -0.25) is 4.79 Å². The molecule has 1 saturated heterocycles. The van der Waals surface area contributed by atoms with Crippen molar-refractivity contribution in [3.63, 3.8) is 0 Å². The van der Waals surface area contributed by atoms with Gasteiger partial charge in [-0.1, -0.05) is 0 Å². The lowest BCUT2D eigenvalue weighted by molar-refractivity contribution is -0.124. The molecule has 1 aliphatic heterocycles. The van der Waals surface area contributed by atoms with Gasteiger partial charge in [0.1, 0.15) is 5.92 Å². The Morgan fingerprint density at radius 1 is 1.53 bits per heavy atom. The molecule has 4 heteroatoms. The molecule has 1 heterocycles. The molecule has 3 unspecified atom stereocenters. The molecule has 0 bridgehead atoms. The highest BCUT2D eigenvalue weighted by Gasteiger charge is 2.41. The molecule has 1 aliphatic carbocycles. The van der Waals surface area contributed by atoms with E-state index in [0.717, 1.165) is 13.0 Å². The van der Waals surface area contributed by atoms with Crippen LogP contribution in [0.5, 0.6) is 0 Å². The first kappa shape index (κ1) is 10.4. The minimum Gasteiger partial charge on any atom is -0.376 e. The Bertz CT molecular complexity index is 293. The summed E-state index contributed by atoms with van der Waals surface area (Å²) in [5.41, 5.74) is 0. The first-order chi connectivity index (χ1) is 7.22. The number of rotatable bonds is 3. The number of hydrogen-bond acceptors (Lipinski definition) is 3. The van der Waals surface area contributed by atoms with Crippen LogP contribution in [0.15, 0.2) is 0 Å². The summed E-state index contributed by atoms with van der Waals surface area (Å²) in [5, 5.41) is 11.5. The second-order valence-electron chi connectivity index (χ2n) is 4.43. The van der Waals surface area contributed by atoms with Gasteiger partial charge >= 0.3 is 0 Å². The highest BCUT2D eigenvalue weighted by atomic mass is 16.5. The van der Waals surface area contributed by atoms with Crippen molar-refractivity contribution in [1.82, 2.24) is 5.32 Å². The summed E-state index contributed by atoms with van der Waals surface area (Å²) in [4.78, 5) is 11.5. The maximum Gasteiger partial charge on any atom is 0.237 e. The molecule has 82 valence electrons. The third-order valence-electron chi connectivity index (χ3n) is 3.14. The van der Waals surface area contributed by atoms with Crippen molar-refractivity contribution >= 4 is 5.91 Å². The Kier molecular flexibility index (Phi) is 2.92. The first-order valence-corrected chi connectivity index (χ1v) is 5.54. The Balaban J connectivity index is 1.88. The molecular weight excluding hydrogens is 192 g/mol. The average Bonchev–Trinajstić information content (AvgIpc) is 2.99. The van der Waals surface area contributed by atoms with Crippen molar-refractivity contribution in [2.75, 3.05) is 6.61 Å². The predicted molar refractivity (Wildman–Crippen MR) is 53.8 cm³/mol. The number of nitrogens with zero attached hydrogens (tertiary/aromatic N) is 1. The van der Waals surface area contributed by atoms with E-state index < -0.39 is 5.92 Å². The number of nitrogens with one attached hydrogen (secondary N) is 1. The molecule has 0 aromatic heterocycles. The Hall–Kier alpha value is -1.08. The van der Waals surface area contributed by atoms with Crippen LogP contribution in [0.2, 0.25) is 0 Å². The van der Waals surface area contributed by atoms with Gasteiger partial charge in [0.15, 0.2) is 0 Å². The topological polar surface area (TPSA) is 62.1 Å². The zero-order valence-electron chi connectivity index (χ0n) is 8.90. The molecule has 2 rings (SSSR count). The third kappa shape index (κ3) is 2.29. The molecular formula is C11H16N2O2. The van der Waals surface area contributed by atoms with Crippen molar-refractivity contribution in [3.8, 4) is 6.07 Å². The zero-order chi connectivity index (χ0) is 10.8. The van der Waals surface area contributed by atoms with E-state index in [0.29, 0.717) is 5.92 Å². The van der Waals surface area contributed by atoms with Gasteiger partial charge in [-0.15, -0.1) is 0 Å². The van der Waals surface area contributed by atoms with Crippen LogP contribution in [-0.4, -0.2) is 24.7 Å². The fourth-order valence-corrected chi connectivity index (χ4v) is 2.02. The highest BCUT2D eigenvalue weighted by molar-refractivity contribution is 5.80. The number of nitriles is 1. The van der Waals surface area contributed by atoms with Crippen LogP contribution >= 0.6 is 0 Å². The summed E-state index contributed by atoms with van der Waals surface area (Å²) in [6.07, 6.45) is 3.50. The molecule has 0 aromatic rings. The second kappa shape index (κ2) is 4.19.